The third-order valence-corrected chi connectivity index (χ3v) is 7.42. The molecule has 0 aliphatic heterocycles. The molecular weight excluding hydrogens is 492 g/mol. The van der Waals surface area contributed by atoms with Gasteiger partial charge in [-0.2, -0.15) is 0 Å². The van der Waals surface area contributed by atoms with Crippen LogP contribution in [0, 0.1) is 10.1 Å². The number of thioether (sulfide) groups is 1. The highest BCUT2D eigenvalue weighted by Crippen LogP contribution is 2.29. The van der Waals surface area contributed by atoms with E-state index < -0.39 is 20.9 Å². The normalized spacial score (nSPS) is 12.4. The van der Waals surface area contributed by atoms with E-state index in [0.29, 0.717) is 18.6 Å². The molecule has 0 saturated heterocycles. The van der Waals surface area contributed by atoms with Gasteiger partial charge in [-0.05, 0) is 63.7 Å². The van der Waals surface area contributed by atoms with Crippen molar-refractivity contribution in [2.24, 2.45) is 5.14 Å². The van der Waals surface area contributed by atoms with Gasteiger partial charge in [0.05, 0.1) is 9.82 Å². The molecule has 35 heavy (non-hydrogen) atoms. The lowest BCUT2D eigenvalue weighted by Crippen LogP contribution is -2.30. The number of hydrogen-bond donors (Lipinski definition) is 3. The third kappa shape index (κ3) is 10.6. The van der Waals surface area contributed by atoms with Crippen LogP contribution in [0.3, 0.4) is 0 Å². The fourth-order valence-electron chi connectivity index (χ4n) is 3.41. The van der Waals surface area contributed by atoms with Gasteiger partial charge in [-0.15, -0.1) is 11.8 Å². The minimum Gasteiger partial charge on any atom is -0.481 e. The molecule has 0 fully saturated rings. The predicted octanol–water partition coefficient (Wildman–Crippen LogP) is 3.78. The summed E-state index contributed by atoms with van der Waals surface area (Å²) in [4.78, 5) is 24.5. The van der Waals surface area contributed by atoms with E-state index in [4.69, 9.17) is 10.2 Å². The first-order valence-corrected chi connectivity index (χ1v) is 13.8. The van der Waals surface area contributed by atoms with E-state index in [1.165, 1.54) is 12.1 Å². The number of nitro benzene ring substituents is 1. The first kappa shape index (κ1) is 28.6. The fraction of sp³-hybridized carbons (Fsp3) is 0.435. The standard InChI is InChI=1S/C23H32N4O6S2/c1-26(14-7-3-6-10-23(28)29)15-13-18(17-34-19-8-4-2-5-9-19)25-21-12-11-20(35(24,32)33)16-22(21)27(30)31/h2,4-5,8-9,11-12,16,18,25H,3,6-7,10,13-15,17H2,1H3,(H,28,29)(H2,24,32,33). The van der Waals surface area contributed by atoms with Crippen LogP contribution in [0.1, 0.15) is 32.1 Å². The van der Waals surface area contributed by atoms with Crippen molar-refractivity contribution in [3.8, 4) is 0 Å². The number of carboxylic acids is 1. The number of nitrogens with one attached hydrogen (secondary N) is 1. The molecule has 1 atom stereocenters. The zero-order valence-corrected chi connectivity index (χ0v) is 21.3. The number of nitro groups is 1. The van der Waals surface area contributed by atoms with E-state index in [1.54, 1.807) is 11.8 Å². The Balaban J connectivity index is 2.07. The number of anilines is 1. The molecule has 1 unspecified atom stereocenters. The average Bonchev–Trinajstić information content (AvgIpc) is 2.80. The van der Waals surface area contributed by atoms with Crippen molar-refractivity contribution in [2.45, 2.75) is 47.9 Å². The van der Waals surface area contributed by atoms with E-state index >= 15 is 0 Å². The molecule has 0 heterocycles. The van der Waals surface area contributed by atoms with Crippen LogP contribution >= 0.6 is 11.8 Å². The highest BCUT2D eigenvalue weighted by Gasteiger charge is 2.21. The summed E-state index contributed by atoms with van der Waals surface area (Å²) in [5.74, 6) is -0.140. The molecule has 192 valence electrons. The molecule has 2 rings (SSSR count). The number of rotatable bonds is 16. The van der Waals surface area contributed by atoms with Crippen LogP contribution in [-0.4, -0.2) is 61.2 Å². The molecule has 0 aliphatic rings. The molecule has 4 N–H and O–H groups in total. The van der Waals surface area contributed by atoms with Crippen molar-refractivity contribution in [3.63, 3.8) is 0 Å². The van der Waals surface area contributed by atoms with Crippen molar-refractivity contribution in [2.75, 3.05) is 31.2 Å². The quantitative estimate of drug-likeness (QED) is 0.129. The molecule has 0 bridgehead atoms. The number of hydrogen-bond acceptors (Lipinski definition) is 8. The second kappa shape index (κ2) is 14.0. The molecule has 0 radical (unpaired) electrons. The zero-order valence-electron chi connectivity index (χ0n) is 19.6. The first-order valence-electron chi connectivity index (χ1n) is 11.2. The van der Waals surface area contributed by atoms with Crippen molar-refractivity contribution in [3.05, 3.63) is 58.6 Å². The van der Waals surface area contributed by atoms with Crippen molar-refractivity contribution >= 4 is 39.1 Å². The summed E-state index contributed by atoms with van der Waals surface area (Å²) >= 11 is 1.63. The summed E-state index contributed by atoms with van der Waals surface area (Å²) in [6.07, 6.45) is 3.25. The van der Waals surface area contributed by atoms with Gasteiger partial charge in [0, 0.05) is 29.2 Å². The Morgan fingerprint density at radius 3 is 2.51 bits per heavy atom. The number of carboxylic acid groups (broad SMARTS) is 1. The van der Waals surface area contributed by atoms with E-state index in [1.807, 2.05) is 37.4 Å². The van der Waals surface area contributed by atoms with Crippen LogP contribution < -0.4 is 10.5 Å². The molecule has 0 aliphatic carbocycles. The monoisotopic (exact) mass is 524 g/mol. The van der Waals surface area contributed by atoms with Crippen LogP contribution in [0.4, 0.5) is 11.4 Å². The smallest absolute Gasteiger partial charge is 0.303 e. The number of nitrogens with two attached hydrogens (primary N) is 1. The molecule has 0 saturated carbocycles. The molecule has 12 heteroatoms. The number of carbonyl (C=O) groups is 1. The highest BCUT2D eigenvalue weighted by atomic mass is 32.2. The van der Waals surface area contributed by atoms with Crippen molar-refractivity contribution in [1.82, 2.24) is 4.90 Å². The number of benzene rings is 2. The molecule has 0 amide bonds. The number of nitrogens with zero attached hydrogens (tertiary/aromatic N) is 2. The molecular formula is C23H32N4O6S2. The maximum atomic E-state index is 11.6. The lowest BCUT2D eigenvalue weighted by Gasteiger charge is -2.23. The Morgan fingerprint density at radius 2 is 1.89 bits per heavy atom. The van der Waals surface area contributed by atoms with Gasteiger partial charge in [0.1, 0.15) is 5.69 Å². The first-order chi connectivity index (χ1) is 16.6. The Hall–Kier alpha value is -2.67. The van der Waals surface area contributed by atoms with Crippen LogP contribution in [0.2, 0.25) is 0 Å². The summed E-state index contributed by atoms with van der Waals surface area (Å²) in [6, 6.07) is 13.3. The maximum absolute atomic E-state index is 11.6. The minimum absolute atomic E-state index is 0.131. The van der Waals surface area contributed by atoms with E-state index in [2.05, 4.69) is 10.2 Å². The highest BCUT2D eigenvalue weighted by molar-refractivity contribution is 7.99. The van der Waals surface area contributed by atoms with E-state index in [9.17, 15) is 23.3 Å². The zero-order chi connectivity index (χ0) is 25.8. The largest absolute Gasteiger partial charge is 0.481 e. The number of aliphatic carboxylic acids is 1. The lowest BCUT2D eigenvalue weighted by molar-refractivity contribution is -0.384. The maximum Gasteiger partial charge on any atom is 0.303 e. The minimum atomic E-state index is -4.07. The fourth-order valence-corrected chi connectivity index (χ4v) is 4.94. The summed E-state index contributed by atoms with van der Waals surface area (Å²) in [7, 11) is -2.08. The summed E-state index contributed by atoms with van der Waals surface area (Å²) in [5.41, 5.74) is -0.115. The van der Waals surface area contributed by atoms with Gasteiger partial charge in [0.25, 0.3) is 5.69 Å². The number of sulfonamides is 1. The van der Waals surface area contributed by atoms with Crippen LogP contribution in [0.5, 0.6) is 0 Å². The Morgan fingerprint density at radius 1 is 1.17 bits per heavy atom. The van der Waals surface area contributed by atoms with Gasteiger partial charge in [-0.1, -0.05) is 24.6 Å². The molecule has 10 nitrogen and oxygen atoms in total. The second-order valence-corrected chi connectivity index (χ2v) is 10.9. The molecule has 2 aromatic rings. The lowest BCUT2D eigenvalue weighted by atomic mass is 10.1. The number of unbranched alkanes of at least 4 members (excludes halogenated alkanes) is 2. The Bertz CT molecular complexity index is 1080. The van der Waals surface area contributed by atoms with Gasteiger partial charge in [-0.3, -0.25) is 14.9 Å². The van der Waals surface area contributed by atoms with Gasteiger partial charge in [0.2, 0.25) is 10.0 Å². The average molecular weight is 525 g/mol. The van der Waals surface area contributed by atoms with Gasteiger partial charge < -0.3 is 15.3 Å². The van der Waals surface area contributed by atoms with E-state index in [0.717, 1.165) is 36.9 Å². The SMILES string of the molecule is CN(CCCCCC(=O)O)CCC(CSc1ccccc1)Nc1ccc(S(N)(=O)=O)cc1[N+](=O)[O-]. The topological polar surface area (TPSA) is 156 Å². The van der Waals surface area contributed by atoms with Crippen LogP contribution in [0.25, 0.3) is 0 Å². The van der Waals surface area contributed by atoms with Crippen molar-refractivity contribution < 1.29 is 23.2 Å². The van der Waals surface area contributed by atoms with Crippen molar-refractivity contribution in [1.29, 1.82) is 0 Å². The Kier molecular flexibility index (Phi) is 11.4. The molecule has 0 aromatic heterocycles. The predicted molar refractivity (Wildman–Crippen MR) is 137 cm³/mol. The van der Waals surface area contributed by atoms with Crippen LogP contribution in [-0.2, 0) is 14.8 Å². The molecule has 0 spiro atoms. The Labute approximate surface area is 210 Å². The summed E-state index contributed by atoms with van der Waals surface area (Å²) < 4.78 is 23.3. The van der Waals surface area contributed by atoms with Crippen LogP contribution in [0.15, 0.2) is 58.3 Å². The second-order valence-electron chi connectivity index (χ2n) is 8.24. The van der Waals surface area contributed by atoms with E-state index in [-0.39, 0.29) is 28.7 Å². The van der Waals surface area contributed by atoms with Gasteiger partial charge in [-0.25, -0.2) is 13.6 Å². The number of primary sulfonamides is 1. The van der Waals surface area contributed by atoms with Gasteiger partial charge in [0.15, 0.2) is 0 Å². The third-order valence-electron chi connectivity index (χ3n) is 5.34. The summed E-state index contributed by atoms with van der Waals surface area (Å²) in [6.45, 7) is 1.55. The van der Waals surface area contributed by atoms with Gasteiger partial charge >= 0.3 is 5.97 Å². The molecule has 2 aromatic carbocycles. The summed E-state index contributed by atoms with van der Waals surface area (Å²) in [5, 5.41) is 28.7.